The van der Waals surface area contributed by atoms with E-state index in [9.17, 15) is 0 Å². The van der Waals surface area contributed by atoms with Crippen LogP contribution in [0, 0.1) is 0 Å². The number of rotatable bonds is 3. The zero-order valence-corrected chi connectivity index (χ0v) is 12.8. The molecule has 1 heterocycles. The molecule has 0 saturated heterocycles. The van der Waals surface area contributed by atoms with Gasteiger partial charge in [0, 0.05) is 11.6 Å². The maximum Gasteiger partial charge on any atom is 0.192 e. The zero-order chi connectivity index (χ0) is 14.7. The van der Waals surface area contributed by atoms with Crippen LogP contribution in [0.3, 0.4) is 0 Å². The van der Waals surface area contributed by atoms with Crippen LogP contribution in [0.2, 0.25) is 0 Å². The van der Waals surface area contributed by atoms with Crippen molar-refractivity contribution in [1.82, 2.24) is 4.90 Å². The number of benzene rings is 1. The normalized spacial score (nSPS) is 23.8. The van der Waals surface area contributed by atoms with E-state index in [1.807, 2.05) is 12.1 Å². The number of nitrogens with zero attached hydrogens (tertiary/aromatic N) is 2. The van der Waals surface area contributed by atoms with E-state index >= 15 is 0 Å². The molecule has 4 nitrogen and oxygen atoms in total. The number of aliphatic imine (C=N–C) groups is 1. The van der Waals surface area contributed by atoms with Crippen molar-refractivity contribution in [3.63, 3.8) is 0 Å². The second-order valence-corrected chi connectivity index (χ2v) is 6.01. The summed E-state index contributed by atoms with van der Waals surface area (Å²) in [6, 6.07) is 8.99. The first-order valence-corrected chi connectivity index (χ1v) is 8.02. The highest BCUT2D eigenvalue weighted by Crippen LogP contribution is 2.36. The Bertz CT molecular complexity index is 507. The molecule has 0 spiro atoms. The van der Waals surface area contributed by atoms with Gasteiger partial charge in [-0.3, -0.25) is 4.99 Å². The summed E-state index contributed by atoms with van der Waals surface area (Å²) in [5, 5.41) is 0. The molecule has 21 heavy (non-hydrogen) atoms. The summed E-state index contributed by atoms with van der Waals surface area (Å²) in [4.78, 5) is 6.87. The molecule has 0 amide bonds. The van der Waals surface area contributed by atoms with Crippen molar-refractivity contribution in [3.8, 4) is 5.75 Å². The molecule has 2 N–H and O–H groups in total. The lowest BCUT2D eigenvalue weighted by atomic mass is 10.00. The zero-order valence-electron chi connectivity index (χ0n) is 12.8. The number of ether oxygens (including phenoxy) is 1. The summed E-state index contributed by atoms with van der Waals surface area (Å²) in [7, 11) is 1.73. The van der Waals surface area contributed by atoms with E-state index in [0.717, 1.165) is 12.3 Å². The van der Waals surface area contributed by atoms with Crippen molar-refractivity contribution in [2.45, 2.75) is 50.6 Å². The Kier molecular flexibility index (Phi) is 4.32. The molecule has 1 aromatic rings. The average molecular weight is 287 g/mol. The third-order valence-corrected chi connectivity index (χ3v) is 4.74. The molecule has 3 rings (SSSR count). The second kappa shape index (κ2) is 6.37. The summed E-state index contributed by atoms with van der Waals surface area (Å²) >= 11 is 0. The quantitative estimate of drug-likeness (QED) is 0.869. The molecule has 114 valence electrons. The molecule has 1 saturated carbocycles. The van der Waals surface area contributed by atoms with Gasteiger partial charge in [-0.1, -0.05) is 43.9 Å². The maximum absolute atomic E-state index is 6.22. The molecule has 1 aromatic carbocycles. The van der Waals surface area contributed by atoms with Crippen molar-refractivity contribution in [2.24, 2.45) is 10.7 Å². The molecule has 2 aliphatic rings. The highest BCUT2D eigenvalue weighted by molar-refractivity contribution is 5.81. The summed E-state index contributed by atoms with van der Waals surface area (Å²) < 4.78 is 5.53. The summed E-state index contributed by atoms with van der Waals surface area (Å²) in [5.74, 6) is 1.64. The standard InChI is InChI=1S/C17H25N3O/c1-21-16-11-7-6-10-14(16)15-12-19-17(18)20(15)13-8-4-2-3-5-9-13/h6-7,10-11,13,15H,2-5,8-9,12H2,1H3,(H2,18,19). The topological polar surface area (TPSA) is 50.9 Å². The predicted octanol–water partition coefficient (Wildman–Crippen LogP) is 3.09. The number of para-hydroxylation sites is 1. The Labute approximate surface area is 127 Å². The van der Waals surface area contributed by atoms with Gasteiger partial charge in [0.05, 0.1) is 19.7 Å². The Balaban J connectivity index is 1.87. The molecule has 0 bridgehead atoms. The second-order valence-electron chi connectivity index (χ2n) is 6.01. The van der Waals surface area contributed by atoms with Gasteiger partial charge < -0.3 is 15.4 Å². The first-order chi connectivity index (χ1) is 10.3. The number of guanidine groups is 1. The molecular formula is C17H25N3O. The first kappa shape index (κ1) is 14.2. The van der Waals surface area contributed by atoms with Gasteiger partial charge in [-0.05, 0) is 18.9 Å². The summed E-state index contributed by atoms with van der Waals surface area (Å²) in [6.07, 6.45) is 7.74. The first-order valence-electron chi connectivity index (χ1n) is 8.02. The van der Waals surface area contributed by atoms with Crippen molar-refractivity contribution in [1.29, 1.82) is 0 Å². The largest absolute Gasteiger partial charge is 0.496 e. The minimum absolute atomic E-state index is 0.226. The summed E-state index contributed by atoms with van der Waals surface area (Å²) in [6.45, 7) is 0.739. The van der Waals surface area contributed by atoms with Gasteiger partial charge in [0.2, 0.25) is 0 Å². The third-order valence-electron chi connectivity index (χ3n) is 4.74. The van der Waals surface area contributed by atoms with Crippen LogP contribution in [0.15, 0.2) is 29.3 Å². The van der Waals surface area contributed by atoms with E-state index in [1.54, 1.807) is 7.11 Å². The van der Waals surface area contributed by atoms with E-state index < -0.39 is 0 Å². The highest BCUT2D eigenvalue weighted by Gasteiger charge is 2.34. The van der Waals surface area contributed by atoms with E-state index in [1.165, 1.54) is 44.1 Å². The van der Waals surface area contributed by atoms with Gasteiger partial charge in [0.1, 0.15) is 5.75 Å². The van der Waals surface area contributed by atoms with E-state index in [4.69, 9.17) is 10.5 Å². The molecule has 1 aliphatic heterocycles. The molecule has 0 radical (unpaired) electrons. The van der Waals surface area contributed by atoms with E-state index in [0.29, 0.717) is 12.0 Å². The molecule has 1 fully saturated rings. The minimum Gasteiger partial charge on any atom is -0.496 e. The van der Waals surface area contributed by atoms with Gasteiger partial charge in [-0.15, -0.1) is 0 Å². The molecular weight excluding hydrogens is 262 g/mol. The Morgan fingerprint density at radius 3 is 2.57 bits per heavy atom. The molecule has 1 atom stereocenters. The number of methoxy groups -OCH3 is 1. The smallest absolute Gasteiger partial charge is 0.192 e. The molecule has 1 unspecified atom stereocenters. The van der Waals surface area contributed by atoms with Crippen LogP contribution in [-0.2, 0) is 0 Å². The highest BCUT2D eigenvalue weighted by atomic mass is 16.5. The monoisotopic (exact) mass is 287 g/mol. The summed E-state index contributed by atoms with van der Waals surface area (Å²) in [5.41, 5.74) is 7.42. The van der Waals surface area contributed by atoms with Crippen molar-refractivity contribution in [2.75, 3.05) is 13.7 Å². The van der Waals surface area contributed by atoms with Crippen molar-refractivity contribution >= 4 is 5.96 Å². The van der Waals surface area contributed by atoms with Crippen molar-refractivity contribution in [3.05, 3.63) is 29.8 Å². The van der Waals surface area contributed by atoms with Crippen LogP contribution in [0.4, 0.5) is 0 Å². The molecule has 0 aromatic heterocycles. The SMILES string of the molecule is COc1ccccc1C1CN=C(N)N1C1CCCCCC1. The van der Waals surface area contributed by atoms with Crippen LogP contribution in [0.25, 0.3) is 0 Å². The van der Waals surface area contributed by atoms with Crippen molar-refractivity contribution < 1.29 is 4.74 Å². The van der Waals surface area contributed by atoms with E-state index in [2.05, 4.69) is 22.0 Å². The van der Waals surface area contributed by atoms with Gasteiger partial charge in [0.15, 0.2) is 5.96 Å². The molecule has 4 heteroatoms. The average Bonchev–Trinajstić information content (AvgIpc) is 2.74. The fraction of sp³-hybridized carbons (Fsp3) is 0.588. The number of nitrogens with two attached hydrogens (primary N) is 1. The van der Waals surface area contributed by atoms with Crippen LogP contribution in [0.5, 0.6) is 5.75 Å². The number of hydrogen-bond donors (Lipinski definition) is 1. The fourth-order valence-corrected chi connectivity index (χ4v) is 3.68. The third kappa shape index (κ3) is 2.85. The lowest BCUT2D eigenvalue weighted by Gasteiger charge is -2.34. The molecule has 1 aliphatic carbocycles. The van der Waals surface area contributed by atoms with E-state index in [-0.39, 0.29) is 6.04 Å². The van der Waals surface area contributed by atoms with Crippen LogP contribution in [-0.4, -0.2) is 30.6 Å². The van der Waals surface area contributed by atoms with Crippen LogP contribution in [0.1, 0.15) is 50.1 Å². The fourth-order valence-electron chi connectivity index (χ4n) is 3.68. The van der Waals surface area contributed by atoms with Gasteiger partial charge in [-0.2, -0.15) is 0 Å². The predicted molar refractivity (Wildman–Crippen MR) is 85.6 cm³/mol. The van der Waals surface area contributed by atoms with Crippen LogP contribution < -0.4 is 10.5 Å². The van der Waals surface area contributed by atoms with Crippen LogP contribution >= 0.6 is 0 Å². The van der Waals surface area contributed by atoms with Gasteiger partial charge in [0.25, 0.3) is 0 Å². The minimum atomic E-state index is 0.226. The lowest BCUT2D eigenvalue weighted by Crippen LogP contribution is -2.43. The maximum atomic E-state index is 6.22. The Hall–Kier alpha value is -1.71. The Morgan fingerprint density at radius 2 is 1.86 bits per heavy atom. The Morgan fingerprint density at radius 1 is 1.14 bits per heavy atom. The van der Waals surface area contributed by atoms with Gasteiger partial charge >= 0.3 is 0 Å². The number of hydrogen-bond acceptors (Lipinski definition) is 4. The van der Waals surface area contributed by atoms with Gasteiger partial charge in [-0.25, -0.2) is 0 Å². The lowest BCUT2D eigenvalue weighted by molar-refractivity contribution is 0.233.